The first-order valence-electron chi connectivity index (χ1n) is 6.08. The normalized spacial score (nSPS) is 11.8. The number of hydrogen-bond donors (Lipinski definition) is 0. The molecular weight excluding hydrogens is 290 g/mol. The molecule has 18 heavy (non-hydrogen) atoms. The van der Waals surface area contributed by atoms with Crippen LogP contribution < -0.4 is 0 Å². The number of benzene rings is 1. The lowest BCUT2D eigenvalue weighted by molar-refractivity contribution is -0.132. The topological polar surface area (TPSA) is 20.3 Å². The molecule has 0 fully saturated rings. The van der Waals surface area contributed by atoms with E-state index in [-0.39, 0.29) is 5.91 Å². The highest BCUT2D eigenvalue weighted by Gasteiger charge is 2.28. The van der Waals surface area contributed by atoms with E-state index < -0.39 is 4.32 Å². The van der Waals surface area contributed by atoms with Gasteiger partial charge in [0.05, 0.1) is 4.32 Å². The third-order valence-electron chi connectivity index (χ3n) is 2.57. The summed E-state index contributed by atoms with van der Waals surface area (Å²) in [5.74, 6) is 0.101. The summed E-state index contributed by atoms with van der Waals surface area (Å²) in [7, 11) is 0. The predicted molar refractivity (Wildman–Crippen MR) is 79.7 cm³/mol. The molecule has 98 valence electrons. The van der Waals surface area contributed by atoms with Gasteiger partial charge in [0.15, 0.2) is 0 Å². The molecule has 0 unspecified atom stereocenters. The molecule has 2 nitrogen and oxygen atoms in total. The van der Waals surface area contributed by atoms with Gasteiger partial charge in [-0.2, -0.15) is 0 Å². The van der Waals surface area contributed by atoms with Crippen molar-refractivity contribution in [1.29, 1.82) is 0 Å². The molecule has 0 radical (unpaired) electrons. The molecule has 0 bridgehead atoms. The Balaban J connectivity index is 2.82. The smallest absolute Gasteiger partial charge is 0.239 e. The van der Waals surface area contributed by atoms with Crippen molar-refractivity contribution in [2.45, 2.75) is 31.6 Å². The van der Waals surface area contributed by atoms with E-state index in [1.807, 2.05) is 68.2 Å². The fourth-order valence-electron chi connectivity index (χ4n) is 1.63. The van der Waals surface area contributed by atoms with Gasteiger partial charge in [0.1, 0.15) is 0 Å². The van der Waals surface area contributed by atoms with E-state index in [0.717, 1.165) is 5.56 Å². The zero-order valence-electron chi connectivity index (χ0n) is 11.2. The fraction of sp³-hybridized carbons (Fsp3) is 0.400. The van der Waals surface area contributed by atoms with Gasteiger partial charge in [0.2, 0.25) is 5.91 Å². The van der Waals surface area contributed by atoms with Gasteiger partial charge in [0.25, 0.3) is 0 Å². The number of nitrogens with zero attached hydrogens (tertiary/aromatic N) is 1. The van der Waals surface area contributed by atoms with Crippen molar-refractivity contribution >= 4 is 21.8 Å². The zero-order valence-corrected chi connectivity index (χ0v) is 12.8. The summed E-state index contributed by atoms with van der Waals surface area (Å²) < 4.78 is -0.524. The summed E-state index contributed by atoms with van der Waals surface area (Å²) in [6.07, 6.45) is 3.96. The maximum atomic E-state index is 12.3. The van der Waals surface area contributed by atoms with Crippen molar-refractivity contribution in [1.82, 2.24) is 4.90 Å². The van der Waals surface area contributed by atoms with Crippen LogP contribution in [0.15, 0.2) is 42.5 Å². The Bertz CT molecular complexity index is 406. The summed E-state index contributed by atoms with van der Waals surface area (Å²) in [5, 5.41) is 0. The number of alkyl halides is 1. The van der Waals surface area contributed by atoms with Crippen LogP contribution in [-0.4, -0.2) is 21.7 Å². The predicted octanol–water partition coefficient (Wildman–Crippen LogP) is 3.76. The molecule has 0 aromatic heterocycles. The zero-order chi connectivity index (χ0) is 13.6. The SMILES string of the molecule is C/C=C/CN(Cc1ccccc1)C(=O)C(C)(C)Br. The van der Waals surface area contributed by atoms with Crippen LogP contribution in [0.25, 0.3) is 0 Å². The number of allylic oxidation sites excluding steroid dienone is 1. The minimum Gasteiger partial charge on any atom is -0.333 e. The van der Waals surface area contributed by atoms with Gasteiger partial charge in [-0.05, 0) is 26.3 Å². The van der Waals surface area contributed by atoms with E-state index in [2.05, 4.69) is 15.9 Å². The van der Waals surface area contributed by atoms with Crippen molar-refractivity contribution in [3.8, 4) is 0 Å². The van der Waals surface area contributed by atoms with E-state index in [9.17, 15) is 4.79 Å². The molecule has 0 saturated carbocycles. The quantitative estimate of drug-likeness (QED) is 0.599. The lowest BCUT2D eigenvalue weighted by Crippen LogP contribution is -2.41. The van der Waals surface area contributed by atoms with Crippen LogP contribution >= 0.6 is 15.9 Å². The summed E-state index contributed by atoms with van der Waals surface area (Å²) in [4.78, 5) is 14.2. The van der Waals surface area contributed by atoms with Gasteiger partial charge in [-0.1, -0.05) is 58.4 Å². The van der Waals surface area contributed by atoms with Crippen LogP contribution in [0.3, 0.4) is 0 Å². The van der Waals surface area contributed by atoms with Crippen LogP contribution in [0, 0.1) is 0 Å². The Morgan fingerprint density at radius 2 is 1.94 bits per heavy atom. The van der Waals surface area contributed by atoms with Gasteiger partial charge >= 0.3 is 0 Å². The van der Waals surface area contributed by atoms with E-state index in [4.69, 9.17) is 0 Å². The summed E-state index contributed by atoms with van der Waals surface area (Å²) in [6.45, 7) is 6.99. The average molecular weight is 310 g/mol. The summed E-state index contributed by atoms with van der Waals surface area (Å²) >= 11 is 3.43. The molecule has 0 heterocycles. The molecule has 0 saturated heterocycles. The number of carbonyl (C=O) groups excluding carboxylic acids is 1. The fourth-order valence-corrected chi connectivity index (χ4v) is 1.88. The van der Waals surface area contributed by atoms with Gasteiger partial charge in [-0.3, -0.25) is 4.79 Å². The highest BCUT2D eigenvalue weighted by molar-refractivity contribution is 9.10. The van der Waals surface area contributed by atoms with Crippen LogP contribution in [0.2, 0.25) is 0 Å². The number of halogens is 1. The standard InChI is InChI=1S/C15H20BrNO/c1-4-5-11-17(14(18)15(2,3)16)12-13-9-7-6-8-10-13/h4-10H,11-12H2,1-3H3/b5-4+. The Hall–Kier alpha value is -1.09. The molecule has 0 N–H and O–H groups in total. The van der Waals surface area contributed by atoms with E-state index in [0.29, 0.717) is 13.1 Å². The molecule has 0 aliphatic heterocycles. The second kappa shape index (κ2) is 6.74. The Kier molecular flexibility index (Phi) is 5.60. The van der Waals surface area contributed by atoms with Gasteiger partial charge < -0.3 is 4.90 Å². The lowest BCUT2D eigenvalue weighted by Gasteiger charge is -2.27. The van der Waals surface area contributed by atoms with Crippen LogP contribution in [-0.2, 0) is 11.3 Å². The molecule has 3 heteroatoms. The summed E-state index contributed by atoms with van der Waals surface area (Å²) in [6, 6.07) is 10.0. The van der Waals surface area contributed by atoms with Gasteiger partial charge in [0, 0.05) is 13.1 Å². The third kappa shape index (κ3) is 4.65. The first-order chi connectivity index (χ1) is 8.45. The van der Waals surface area contributed by atoms with Crippen molar-refractivity contribution in [3.05, 3.63) is 48.0 Å². The highest BCUT2D eigenvalue weighted by atomic mass is 79.9. The first-order valence-corrected chi connectivity index (χ1v) is 6.88. The minimum atomic E-state index is -0.524. The number of carbonyl (C=O) groups is 1. The molecule has 0 spiro atoms. The molecule has 0 aliphatic rings. The first kappa shape index (κ1) is 15.0. The van der Waals surface area contributed by atoms with Crippen LogP contribution in [0.1, 0.15) is 26.3 Å². The molecule has 0 aliphatic carbocycles. The second-order valence-corrected chi connectivity index (χ2v) is 6.70. The Morgan fingerprint density at radius 1 is 1.33 bits per heavy atom. The molecule has 1 aromatic carbocycles. The maximum Gasteiger partial charge on any atom is 0.239 e. The molecule has 1 aromatic rings. The van der Waals surface area contributed by atoms with Crippen LogP contribution in [0.5, 0.6) is 0 Å². The van der Waals surface area contributed by atoms with Crippen LogP contribution in [0.4, 0.5) is 0 Å². The molecule has 1 amide bonds. The van der Waals surface area contributed by atoms with Gasteiger partial charge in [-0.15, -0.1) is 0 Å². The van der Waals surface area contributed by atoms with Crippen molar-refractivity contribution in [3.63, 3.8) is 0 Å². The highest BCUT2D eigenvalue weighted by Crippen LogP contribution is 2.20. The summed E-state index contributed by atoms with van der Waals surface area (Å²) in [5.41, 5.74) is 1.15. The van der Waals surface area contributed by atoms with E-state index in [1.54, 1.807) is 0 Å². The van der Waals surface area contributed by atoms with Gasteiger partial charge in [-0.25, -0.2) is 0 Å². The lowest BCUT2D eigenvalue weighted by atomic mass is 10.1. The molecule has 1 rings (SSSR count). The Morgan fingerprint density at radius 3 is 2.44 bits per heavy atom. The van der Waals surface area contributed by atoms with E-state index in [1.165, 1.54) is 0 Å². The maximum absolute atomic E-state index is 12.3. The van der Waals surface area contributed by atoms with Crippen molar-refractivity contribution in [2.75, 3.05) is 6.54 Å². The number of rotatable bonds is 5. The number of hydrogen-bond acceptors (Lipinski definition) is 1. The number of amides is 1. The molecule has 0 atom stereocenters. The second-order valence-electron chi connectivity index (χ2n) is 4.71. The monoisotopic (exact) mass is 309 g/mol. The minimum absolute atomic E-state index is 0.101. The van der Waals surface area contributed by atoms with E-state index >= 15 is 0 Å². The largest absolute Gasteiger partial charge is 0.333 e. The van der Waals surface area contributed by atoms with Crippen molar-refractivity contribution in [2.24, 2.45) is 0 Å². The molecular formula is C15H20BrNO. The Labute approximate surface area is 118 Å². The van der Waals surface area contributed by atoms with Crippen molar-refractivity contribution < 1.29 is 4.79 Å². The third-order valence-corrected chi connectivity index (χ3v) is 2.91. The average Bonchev–Trinajstić information content (AvgIpc) is 2.33.